The zero-order valence-electron chi connectivity index (χ0n) is 8.10. The van der Waals surface area contributed by atoms with Gasteiger partial charge in [0.1, 0.15) is 0 Å². The van der Waals surface area contributed by atoms with E-state index in [0.29, 0.717) is 11.3 Å². The van der Waals surface area contributed by atoms with Crippen molar-refractivity contribution in [2.45, 2.75) is 13.3 Å². The third-order valence-electron chi connectivity index (χ3n) is 2.15. The van der Waals surface area contributed by atoms with Crippen molar-refractivity contribution in [3.8, 4) is 0 Å². The van der Waals surface area contributed by atoms with Crippen LogP contribution in [-0.2, 0) is 4.79 Å². The number of primary amides is 1. The molecule has 1 unspecified atom stereocenters. The molecule has 0 aromatic carbocycles. The second kappa shape index (κ2) is 5.00. The lowest BCUT2D eigenvalue weighted by Gasteiger charge is -2.11. The van der Waals surface area contributed by atoms with Gasteiger partial charge in [-0.3, -0.25) is 9.79 Å². The van der Waals surface area contributed by atoms with Gasteiger partial charge in [-0.25, -0.2) is 0 Å². The SMILES string of the molecule is CC1C/C=C/C(CS)=N\C=C/1C(N)=O. The maximum Gasteiger partial charge on any atom is 0.246 e. The van der Waals surface area contributed by atoms with Crippen LogP contribution in [0, 0.1) is 5.92 Å². The van der Waals surface area contributed by atoms with Crippen molar-refractivity contribution >= 4 is 24.2 Å². The van der Waals surface area contributed by atoms with E-state index in [9.17, 15) is 4.79 Å². The normalized spacial score (nSPS) is 31.7. The first-order valence-corrected chi connectivity index (χ1v) is 5.12. The summed E-state index contributed by atoms with van der Waals surface area (Å²) in [5.41, 5.74) is 6.67. The molecule has 0 radical (unpaired) electrons. The van der Waals surface area contributed by atoms with Crippen molar-refractivity contribution in [3.63, 3.8) is 0 Å². The lowest BCUT2D eigenvalue weighted by Crippen LogP contribution is -2.19. The highest BCUT2D eigenvalue weighted by Gasteiger charge is 2.13. The molecule has 1 heterocycles. The summed E-state index contributed by atoms with van der Waals surface area (Å²) in [6.45, 7) is 1.96. The predicted octanol–water partition coefficient (Wildman–Crippen LogP) is 1.32. The highest BCUT2D eigenvalue weighted by Crippen LogP contribution is 2.16. The van der Waals surface area contributed by atoms with Crippen LogP contribution in [-0.4, -0.2) is 17.4 Å². The Bertz CT molecular complexity index is 318. The number of thiol groups is 1. The van der Waals surface area contributed by atoms with Gasteiger partial charge in [-0.2, -0.15) is 12.6 Å². The number of hydrogen-bond donors (Lipinski definition) is 2. The molecule has 0 fully saturated rings. The smallest absolute Gasteiger partial charge is 0.246 e. The van der Waals surface area contributed by atoms with Crippen LogP contribution in [0.2, 0.25) is 0 Å². The number of amides is 1. The fourth-order valence-electron chi connectivity index (χ4n) is 1.26. The molecule has 1 rings (SSSR count). The standard InChI is InChI=1S/C10H14N2OS/c1-7-3-2-4-8(6-14)12-5-9(7)10(11)13/h2,4-5,7,14H,3,6H2,1H3,(H2,11,13)/b4-2+,9-5+,12-8+. The molecule has 0 saturated heterocycles. The van der Waals surface area contributed by atoms with Crippen LogP contribution in [0.25, 0.3) is 0 Å². The first kappa shape index (κ1) is 11.0. The Morgan fingerprint density at radius 2 is 2.50 bits per heavy atom. The van der Waals surface area contributed by atoms with Gasteiger partial charge < -0.3 is 5.73 Å². The Labute approximate surface area is 89.2 Å². The predicted molar refractivity (Wildman–Crippen MR) is 61.5 cm³/mol. The van der Waals surface area contributed by atoms with E-state index in [-0.39, 0.29) is 5.92 Å². The molecule has 14 heavy (non-hydrogen) atoms. The molecule has 3 nitrogen and oxygen atoms in total. The summed E-state index contributed by atoms with van der Waals surface area (Å²) in [4.78, 5) is 15.2. The number of nitrogens with two attached hydrogens (primary N) is 1. The maximum atomic E-state index is 11.1. The van der Waals surface area contributed by atoms with Crippen LogP contribution in [0.4, 0.5) is 0 Å². The molecule has 0 saturated carbocycles. The van der Waals surface area contributed by atoms with Gasteiger partial charge in [0.2, 0.25) is 5.91 Å². The Morgan fingerprint density at radius 3 is 3.07 bits per heavy atom. The summed E-state index contributed by atoms with van der Waals surface area (Å²) in [5.74, 6) is 0.303. The van der Waals surface area contributed by atoms with Gasteiger partial charge in [-0.1, -0.05) is 13.0 Å². The average molecular weight is 210 g/mol. The Hall–Kier alpha value is -1.03. The second-order valence-corrected chi connectivity index (χ2v) is 3.58. The first-order valence-electron chi connectivity index (χ1n) is 4.49. The zero-order chi connectivity index (χ0) is 10.6. The van der Waals surface area contributed by atoms with Crippen LogP contribution in [0.1, 0.15) is 13.3 Å². The first-order chi connectivity index (χ1) is 6.65. The summed E-state index contributed by atoms with van der Waals surface area (Å²) < 4.78 is 0. The monoisotopic (exact) mass is 210 g/mol. The highest BCUT2D eigenvalue weighted by molar-refractivity contribution is 7.81. The van der Waals surface area contributed by atoms with Crippen molar-refractivity contribution in [2.75, 3.05) is 5.75 Å². The van der Waals surface area contributed by atoms with Crippen LogP contribution in [0.3, 0.4) is 0 Å². The van der Waals surface area contributed by atoms with E-state index in [1.165, 1.54) is 0 Å². The van der Waals surface area contributed by atoms with Gasteiger partial charge in [0.05, 0.1) is 0 Å². The molecule has 0 aromatic rings. The zero-order valence-corrected chi connectivity index (χ0v) is 9.00. The van der Waals surface area contributed by atoms with Gasteiger partial charge in [-0.15, -0.1) is 0 Å². The summed E-state index contributed by atoms with van der Waals surface area (Å²) in [5, 5.41) is 0. The number of allylic oxidation sites excluding steroid dienone is 2. The molecule has 1 aliphatic rings. The van der Waals surface area contributed by atoms with Gasteiger partial charge in [-0.05, 0) is 18.4 Å². The topological polar surface area (TPSA) is 55.4 Å². The van der Waals surface area contributed by atoms with Crippen molar-refractivity contribution in [1.82, 2.24) is 0 Å². The van der Waals surface area contributed by atoms with Gasteiger partial charge in [0, 0.05) is 23.2 Å². The highest BCUT2D eigenvalue weighted by atomic mass is 32.1. The molecule has 4 heteroatoms. The molecule has 0 aromatic heterocycles. The van der Waals surface area contributed by atoms with Crippen molar-refractivity contribution in [3.05, 3.63) is 23.9 Å². The molecule has 1 amide bonds. The third-order valence-corrected chi connectivity index (χ3v) is 2.47. The van der Waals surface area contributed by atoms with Crippen molar-refractivity contribution in [2.24, 2.45) is 16.6 Å². The lowest BCUT2D eigenvalue weighted by atomic mass is 9.97. The Kier molecular flexibility index (Phi) is 3.95. The summed E-state index contributed by atoms with van der Waals surface area (Å²) in [6.07, 6.45) is 6.29. The van der Waals surface area contributed by atoms with Crippen LogP contribution >= 0.6 is 12.6 Å². The minimum absolute atomic E-state index is 0.133. The lowest BCUT2D eigenvalue weighted by molar-refractivity contribution is -0.115. The largest absolute Gasteiger partial charge is 0.366 e. The number of nitrogens with zero attached hydrogens (tertiary/aromatic N) is 1. The van der Waals surface area contributed by atoms with E-state index < -0.39 is 5.91 Å². The molecule has 0 bridgehead atoms. The molecule has 0 spiro atoms. The van der Waals surface area contributed by atoms with Crippen LogP contribution in [0.15, 0.2) is 28.9 Å². The van der Waals surface area contributed by atoms with E-state index >= 15 is 0 Å². The number of carbonyl (C=O) groups is 1. The Balaban J connectivity index is 2.98. The third kappa shape index (κ3) is 2.73. The van der Waals surface area contributed by atoms with E-state index in [2.05, 4.69) is 17.6 Å². The summed E-state index contributed by atoms with van der Waals surface area (Å²) >= 11 is 4.12. The quantitative estimate of drug-likeness (QED) is 0.664. The van der Waals surface area contributed by atoms with Crippen LogP contribution < -0.4 is 5.73 Å². The van der Waals surface area contributed by atoms with Crippen LogP contribution in [0.5, 0.6) is 0 Å². The number of hydrogen-bond acceptors (Lipinski definition) is 3. The number of aliphatic imine (C=N–C) groups is 1. The number of rotatable bonds is 2. The fraction of sp³-hybridized carbons (Fsp3) is 0.400. The van der Waals surface area contributed by atoms with E-state index in [1.807, 2.05) is 19.1 Å². The summed E-state index contributed by atoms with van der Waals surface area (Å²) in [7, 11) is 0. The molecule has 76 valence electrons. The molecular weight excluding hydrogens is 196 g/mol. The second-order valence-electron chi connectivity index (χ2n) is 3.27. The Morgan fingerprint density at radius 1 is 1.79 bits per heavy atom. The minimum Gasteiger partial charge on any atom is -0.366 e. The summed E-state index contributed by atoms with van der Waals surface area (Å²) in [6, 6.07) is 0. The maximum absolute atomic E-state index is 11.1. The van der Waals surface area contributed by atoms with E-state index in [0.717, 1.165) is 12.1 Å². The van der Waals surface area contributed by atoms with E-state index in [1.54, 1.807) is 6.20 Å². The molecule has 2 N–H and O–H groups in total. The van der Waals surface area contributed by atoms with E-state index in [4.69, 9.17) is 5.73 Å². The minimum atomic E-state index is -0.393. The number of carbonyl (C=O) groups excluding carboxylic acids is 1. The molecule has 0 aliphatic carbocycles. The van der Waals surface area contributed by atoms with Gasteiger partial charge in [0.25, 0.3) is 0 Å². The van der Waals surface area contributed by atoms with Crippen molar-refractivity contribution in [1.29, 1.82) is 0 Å². The fourth-order valence-corrected chi connectivity index (χ4v) is 1.44. The van der Waals surface area contributed by atoms with Crippen molar-refractivity contribution < 1.29 is 4.79 Å². The molecular formula is C10H14N2OS. The molecule has 1 atom stereocenters. The molecule has 1 aliphatic heterocycles. The average Bonchev–Trinajstić information content (AvgIpc) is 2.10. The van der Waals surface area contributed by atoms with Gasteiger partial charge >= 0.3 is 0 Å². The van der Waals surface area contributed by atoms with Gasteiger partial charge in [0.15, 0.2) is 0 Å².